The minimum Gasteiger partial charge on any atom is -0.462 e. The zero-order valence-corrected chi connectivity index (χ0v) is 46.8. The first kappa shape index (κ1) is 68.5. The summed E-state index contributed by atoms with van der Waals surface area (Å²) in [5, 5.41) is 0. The molecule has 0 spiro atoms. The summed E-state index contributed by atoms with van der Waals surface area (Å²) in [4.78, 5) is 38.1. The molecule has 0 heterocycles. The van der Waals surface area contributed by atoms with Crippen LogP contribution in [0.3, 0.4) is 0 Å². The van der Waals surface area contributed by atoms with Gasteiger partial charge in [-0.3, -0.25) is 14.4 Å². The van der Waals surface area contributed by atoms with Crippen LogP contribution in [-0.4, -0.2) is 37.2 Å². The largest absolute Gasteiger partial charge is 0.462 e. The Labute approximate surface area is 453 Å². The lowest BCUT2D eigenvalue weighted by Crippen LogP contribution is -2.30. The van der Waals surface area contributed by atoms with Crippen molar-refractivity contribution in [2.75, 3.05) is 13.2 Å². The Kier molecular flexibility index (Phi) is 55.6. The number of ether oxygens (including phenoxy) is 3. The Hall–Kier alpha value is -5.49. The van der Waals surface area contributed by atoms with E-state index in [9.17, 15) is 14.4 Å². The molecule has 0 fully saturated rings. The van der Waals surface area contributed by atoms with Gasteiger partial charge in [0.2, 0.25) is 0 Å². The first-order chi connectivity index (χ1) is 36.5. The van der Waals surface area contributed by atoms with Gasteiger partial charge in [0.25, 0.3) is 0 Å². The molecule has 1 atom stereocenters. The van der Waals surface area contributed by atoms with E-state index in [1.165, 1.54) is 12.8 Å². The van der Waals surface area contributed by atoms with E-state index in [2.05, 4.69) is 203 Å². The number of carbonyl (C=O) groups excluding carboxylic acids is 3. The maximum atomic E-state index is 12.8. The highest BCUT2D eigenvalue weighted by molar-refractivity contribution is 5.71. The second-order valence-corrected chi connectivity index (χ2v) is 18.1. The zero-order valence-electron chi connectivity index (χ0n) is 46.8. The van der Waals surface area contributed by atoms with E-state index < -0.39 is 12.1 Å². The van der Waals surface area contributed by atoms with Crippen molar-refractivity contribution in [2.24, 2.45) is 0 Å². The molecular weight excluding hydrogens is 913 g/mol. The quantitative estimate of drug-likeness (QED) is 0.0261. The highest BCUT2D eigenvalue weighted by Crippen LogP contribution is 2.11. The fraction of sp³-hybridized carbons (Fsp3) is 0.515. The lowest BCUT2D eigenvalue weighted by molar-refractivity contribution is -0.167. The fourth-order valence-electron chi connectivity index (χ4n) is 6.89. The van der Waals surface area contributed by atoms with Crippen LogP contribution in [-0.2, 0) is 28.6 Å². The van der Waals surface area contributed by atoms with Crippen molar-refractivity contribution in [1.82, 2.24) is 0 Å². The van der Waals surface area contributed by atoms with Gasteiger partial charge in [-0.05, 0) is 141 Å². The van der Waals surface area contributed by atoms with E-state index in [1.807, 2.05) is 0 Å². The summed E-state index contributed by atoms with van der Waals surface area (Å²) in [7, 11) is 0. The predicted molar refractivity (Wildman–Crippen MR) is 320 cm³/mol. The van der Waals surface area contributed by atoms with Crippen molar-refractivity contribution >= 4 is 17.9 Å². The lowest BCUT2D eigenvalue weighted by atomic mass is 10.1. The van der Waals surface area contributed by atoms with Gasteiger partial charge in [0.1, 0.15) is 13.2 Å². The second-order valence-electron chi connectivity index (χ2n) is 18.1. The number of unbranched alkanes of at least 4 members (excludes halogenated alkanes) is 8. The van der Waals surface area contributed by atoms with Gasteiger partial charge in [-0.1, -0.05) is 229 Å². The molecule has 0 aliphatic heterocycles. The van der Waals surface area contributed by atoms with Crippen molar-refractivity contribution in [3.63, 3.8) is 0 Å². The Morgan fingerprint density at radius 3 is 0.892 bits per heavy atom. The number of esters is 3. The van der Waals surface area contributed by atoms with Gasteiger partial charge in [0.15, 0.2) is 6.10 Å². The Balaban J connectivity index is 4.56. The predicted octanol–water partition coefficient (Wildman–Crippen LogP) is 19.7. The molecule has 6 nitrogen and oxygen atoms in total. The number of hydrogen-bond donors (Lipinski definition) is 0. The Bertz CT molecular complexity index is 1780. The van der Waals surface area contributed by atoms with Gasteiger partial charge >= 0.3 is 17.9 Å². The number of carbonyl (C=O) groups is 3. The molecule has 0 amide bonds. The van der Waals surface area contributed by atoms with Crippen LogP contribution in [0, 0.1) is 0 Å². The molecule has 0 aromatic heterocycles. The van der Waals surface area contributed by atoms with Gasteiger partial charge in [-0.2, -0.15) is 0 Å². The summed E-state index contributed by atoms with van der Waals surface area (Å²) < 4.78 is 16.7. The Morgan fingerprint density at radius 2 is 0.541 bits per heavy atom. The Morgan fingerprint density at radius 1 is 0.284 bits per heavy atom. The molecular formula is C68H102O6. The molecule has 0 saturated carbocycles. The third-order valence-electron chi connectivity index (χ3n) is 11.1. The first-order valence-corrected chi connectivity index (χ1v) is 28.8. The van der Waals surface area contributed by atoms with Crippen molar-refractivity contribution in [2.45, 2.75) is 213 Å². The molecule has 74 heavy (non-hydrogen) atoms. The average Bonchev–Trinajstić information content (AvgIpc) is 3.40. The highest BCUT2D eigenvalue weighted by atomic mass is 16.6. The van der Waals surface area contributed by atoms with Crippen LogP contribution in [0.15, 0.2) is 182 Å². The third kappa shape index (κ3) is 57.4. The van der Waals surface area contributed by atoms with Crippen LogP contribution in [0.2, 0.25) is 0 Å². The summed E-state index contributed by atoms with van der Waals surface area (Å²) in [6, 6.07) is 0. The molecule has 410 valence electrons. The zero-order chi connectivity index (χ0) is 53.6. The second kappa shape index (κ2) is 60.1. The van der Waals surface area contributed by atoms with Gasteiger partial charge in [-0.25, -0.2) is 0 Å². The molecule has 1 unspecified atom stereocenters. The van der Waals surface area contributed by atoms with Crippen molar-refractivity contribution in [1.29, 1.82) is 0 Å². The maximum Gasteiger partial charge on any atom is 0.306 e. The standard InChI is InChI=1S/C68H102O6/c1-4-7-10-13-16-19-22-24-26-28-30-32-34-36-38-40-42-44-46-49-52-55-58-61-67(70)73-64-65(63-72-66(69)60-57-54-51-48-21-18-15-12-9-6-3)74-68(71)62-59-56-53-50-47-45-43-41-39-37-35-33-31-29-27-25-23-20-17-14-11-8-5-2/h7-8,10-12,15-17,19-20,24-27,30-33,36-39,42-45,49-50,52-53,65H,4-6,9,13-14,18,21-23,28-29,34-35,40-41,46-48,51,54-64H2,1-3H3/b10-7-,11-8-,15-12-,19-16-,20-17-,26-24-,27-25-,32-30-,33-31-,38-36-,39-37-,44-42-,45-43-,52-49-,53-50-. The van der Waals surface area contributed by atoms with E-state index in [1.54, 1.807) is 0 Å². The molecule has 6 heteroatoms. The minimum atomic E-state index is -0.846. The number of allylic oxidation sites excluding steroid dienone is 30. The van der Waals surface area contributed by atoms with E-state index in [0.29, 0.717) is 19.3 Å². The van der Waals surface area contributed by atoms with Crippen LogP contribution >= 0.6 is 0 Å². The van der Waals surface area contributed by atoms with Crippen LogP contribution in [0.1, 0.15) is 207 Å². The number of rotatable bonds is 49. The smallest absolute Gasteiger partial charge is 0.306 e. The van der Waals surface area contributed by atoms with Gasteiger partial charge in [0.05, 0.1) is 0 Å². The first-order valence-electron chi connectivity index (χ1n) is 28.8. The van der Waals surface area contributed by atoms with Crippen molar-refractivity contribution < 1.29 is 28.6 Å². The summed E-state index contributed by atoms with van der Waals surface area (Å²) in [5.41, 5.74) is 0. The molecule has 0 aromatic carbocycles. The van der Waals surface area contributed by atoms with E-state index >= 15 is 0 Å². The van der Waals surface area contributed by atoms with Gasteiger partial charge in [-0.15, -0.1) is 0 Å². The summed E-state index contributed by atoms with van der Waals surface area (Å²) in [6.45, 7) is 6.21. The lowest BCUT2D eigenvalue weighted by Gasteiger charge is -2.18. The van der Waals surface area contributed by atoms with Crippen LogP contribution in [0.5, 0.6) is 0 Å². The van der Waals surface area contributed by atoms with E-state index in [-0.39, 0.29) is 38.0 Å². The molecule has 0 rings (SSSR count). The highest BCUT2D eigenvalue weighted by Gasteiger charge is 2.19. The van der Waals surface area contributed by atoms with Gasteiger partial charge in [0, 0.05) is 19.3 Å². The topological polar surface area (TPSA) is 78.9 Å². The normalized spacial score (nSPS) is 13.5. The summed E-state index contributed by atoms with van der Waals surface area (Å²) in [6.07, 6.45) is 90.4. The minimum absolute atomic E-state index is 0.134. The van der Waals surface area contributed by atoms with Crippen molar-refractivity contribution in [3.8, 4) is 0 Å². The number of hydrogen-bond acceptors (Lipinski definition) is 6. The molecule has 0 saturated heterocycles. The van der Waals surface area contributed by atoms with Gasteiger partial charge < -0.3 is 14.2 Å². The van der Waals surface area contributed by atoms with E-state index in [0.717, 1.165) is 141 Å². The molecule has 0 aliphatic rings. The van der Waals surface area contributed by atoms with Crippen LogP contribution < -0.4 is 0 Å². The van der Waals surface area contributed by atoms with Crippen LogP contribution in [0.4, 0.5) is 0 Å². The monoisotopic (exact) mass is 1010 g/mol. The molecule has 0 bridgehead atoms. The van der Waals surface area contributed by atoms with Crippen molar-refractivity contribution in [3.05, 3.63) is 182 Å². The molecule has 0 aliphatic carbocycles. The maximum absolute atomic E-state index is 12.8. The average molecular weight is 1020 g/mol. The summed E-state index contributed by atoms with van der Waals surface area (Å²) >= 11 is 0. The van der Waals surface area contributed by atoms with E-state index in [4.69, 9.17) is 14.2 Å². The summed E-state index contributed by atoms with van der Waals surface area (Å²) in [5.74, 6) is -1.08. The SMILES string of the molecule is CC/C=C\C/C=C\C/C=C\C/C=C\C/C=C\C/C=C\C/C=C\CCCC(=O)OCC(COC(=O)CCCCCCC/C=C\CCC)OC(=O)CCC/C=C\C/C=C\C/C=C\C/C=C\C/C=C\C/C=C\C/C=C\CC. The fourth-order valence-corrected chi connectivity index (χ4v) is 6.89. The third-order valence-corrected chi connectivity index (χ3v) is 11.1. The molecule has 0 aromatic rings. The molecule has 0 radical (unpaired) electrons. The molecule has 0 N–H and O–H groups in total. The van der Waals surface area contributed by atoms with Crippen LogP contribution in [0.25, 0.3) is 0 Å².